The monoisotopic (exact) mass is 420 g/mol. The van der Waals surface area contributed by atoms with Crippen LogP contribution in [0.15, 0.2) is 0 Å². The fourth-order valence-electron chi connectivity index (χ4n) is 4.74. The van der Waals surface area contributed by atoms with E-state index < -0.39 is 17.7 Å². The van der Waals surface area contributed by atoms with Crippen LogP contribution in [0.4, 0.5) is 4.79 Å². The molecule has 8 nitrogen and oxygen atoms in total. The molecule has 0 radical (unpaired) electrons. The lowest BCUT2D eigenvalue weighted by Crippen LogP contribution is -2.54. The number of hydrogen-bond donors (Lipinski definition) is 1. The topological polar surface area (TPSA) is 94.9 Å². The molecule has 2 aliphatic heterocycles. The van der Waals surface area contributed by atoms with Crippen LogP contribution in [0.3, 0.4) is 0 Å². The lowest BCUT2D eigenvalue weighted by molar-refractivity contribution is -0.132. The van der Waals surface area contributed by atoms with Gasteiger partial charge in [-0.15, -0.1) is 0 Å². The zero-order chi connectivity index (χ0) is 21.4. The minimum atomic E-state index is -0.901. The summed E-state index contributed by atoms with van der Waals surface area (Å²) in [6.45, 7) is 6.11. The average Bonchev–Trinajstić information content (AvgIpc) is 3.21. The van der Waals surface area contributed by atoms with Gasteiger partial charge in [-0.25, -0.2) is 4.79 Å². The molecule has 30 heavy (non-hydrogen) atoms. The quantitative estimate of drug-likeness (QED) is 0.679. The predicted octanol–water partition coefficient (Wildman–Crippen LogP) is 2.29. The van der Waals surface area contributed by atoms with Crippen molar-refractivity contribution in [1.82, 2.24) is 15.1 Å². The Hall–Kier alpha value is -1.85. The summed E-state index contributed by atoms with van der Waals surface area (Å²) >= 11 is 0. The SMILES string of the molecule is CCN1CCC(C#N)(NC(=O)C(CCC2CCCCC2)OC(=O)N2CCOCC2)C1. The molecule has 2 unspecified atom stereocenters. The Bertz CT molecular complexity index is 625. The fourth-order valence-corrected chi connectivity index (χ4v) is 4.74. The second kappa shape index (κ2) is 11.0. The lowest BCUT2D eigenvalue weighted by Gasteiger charge is -2.30. The Morgan fingerprint density at radius 2 is 1.97 bits per heavy atom. The first kappa shape index (κ1) is 22.8. The first-order chi connectivity index (χ1) is 14.5. The molecule has 1 saturated carbocycles. The molecule has 2 heterocycles. The van der Waals surface area contributed by atoms with Gasteiger partial charge in [0, 0.05) is 26.2 Å². The minimum absolute atomic E-state index is 0.341. The van der Waals surface area contributed by atoms with Crippen LogP contribution in [0.25, 0.3) is 0 Å². The number of hydrogen-bond acceptors (Lipinski definition) is 6. The van der Waals surface area contributed by atoms with Crippen molar-refractivity contribution < 1.29 is 19.1 Å². The van der Waals surface area contributed by atoms with E-state index >= 15 is 0 Å². The Kier molecular flexibility index (Phi) is 8.34. The summed E-state index contributed by atoms with van der Waals surface area (Å²) in [7, 11) is 0. The number of nitrogens with zero attached hydrogens (tertiary/aromatic N) is 3. The number of likely N-dealkylation sites (N-methyl/N-ethyl adjacent to an activating group) is 1. The molecular formula is C22H36N4O4. The Morgan fingerprint density at radius 1 is 1.23 bits per heavy atom. The van der Waals surface area contributed by atoms with Crippen LogP contribution in [-0.2, 0) is 14.3 Å². The Morgan fingerprint density at radius 3 is 2.60 bits per heavy atom. The molecule has 168 valence electrons. The van der Waals surface area contributed by atoms with Gasteiger partial charge in [-0.3, -0.25) is 4.79 Å². The smallest absolute Gasteiger partial charge is 0.410 e. The van der Waals surface area contributed by atoms with E-state index in [0.717, 1.165) is 19.5 Å². The van der Waals surface area contributed by atoms with E-state index in [2.05, 4.69) is 16.3 Å². The summed E-state index contributed by atoms with van der Waals surface area (Å²) < 4.78 is 11.0. The predicted molar refractivity (Wildman–Crippen MR) is 112 cm³/mol. The number of amides is 2. The van der Waals surface area contributed by atoms with Gasteiger partial charge in [-0.1, -0.05) is 39.0 Å². The summed E-state index contributed by atoms with van der Waals surface area (Å²) in [6, 6.07) is 2.31. The zero-order valence-electron chi connectivity index (χ0n) is 18.2. The summed E-state index contributed by atoms with van der Waals surface area (Å²) in [5.41, 5.74) is -0.901. The number of likely N-dealkylation sites (tertiary alicyclic amines) is 1. The molecule has 2 amide bonds. The maximum Gasteiger partial charge on any atom is 0.410 e. The van der Waals surface area contributed by atoms with Crippen molar-refractivity contribution in [3.8, 4) is 6.07 Å². The van der Waals surface area contributed by atoms with E-state index in [1.807, 2.05) is 6.92 Å². The molecule has 1 aliphatic carbocycles. The van der Waals surface area contributed by atoms with E-state index in [1.165, 1.54) is 32.1 Å². The minimum Gasteiger partial charge on any atom is -0.436 e. The Labute approximate surface area is 179 Å². The maximum atomic E-state index is 13.1. The van der Waals surface area contributed by atoms with Gasteiger partial charge in [0.25, 0.3) is 5.91 Å². The standard InChI is InChI=1S/C22H36N4O4/c1-2-25-11-10-22(16-23,17-25)24-20(27)19(9-8-18-6-4-3-5-7-18)30-21(28)26-12-14-29-15-13-26/h18-19H,2-15,17H2,1H3,(H,24,27). The van der Waals surface area contributed by atoms with Gasteiger partial charge in [0.05, 0.1) is 19.3 Å². The highest BCUT2D eigenvalue weighted by Crippen LogP contribution is 2.29. The number of carbonyl (C=O) groups is 2. The third-order valence-electron chi connectivity index (χ3n) is 6.74. The largest absolute Gasteiger partial charge is 0.436 e. The molecule has 0 spiro atoms. The van der Waals surface area contributed by atoms with Gasteiger partial charge < -0.3 is 24.6 Å². The van der Waals surface area contributed by atoms with Crippen molar-refractivity contribution in [2.45, 2.75) is 69.9 Å². The van der Waals surface area contributed by atoms with Gasteiger partial charge in [0.1, 0.15) is 5.54 Å². The van der Waals surface area contributed by atoms with Crippen LogP contribution in [0.2, 0.25) is 0 Å². The maximum absolute atomic E-state index is 13.1. The number of nitrogens with one attached hydrogen (secondary N) is 1. The van der Waals surface area contributed by atoms with Crippen molar-refractivity contribution >= 4 is 12.0 Å². The molecule has 0 bridgehead atoms. The zero-order valence-corrected chi connectivity index (χ0v) is 18.2. The van der Waals surface area contributed by atoms with Crippen LogP contribution >= 0.6 is 0 Å². The van der Waals surface area contributed by atoms with Crippen LogP contribution in [0.5, 0.6) is 0 Å². The highest BCUT2D eigenvalue weighted by Gasteiger charge is 2.41. The van der Waals surface area contributed by atoms with Gasteiger partial charge in [-0.05, 0) is 31.7 Å². The molecule has 0 aromatic rings. The highest BCUT2D eigenvalue weighted by atomic mass is 16.6. The summed E-state index contributed by atoms with van der Waals surface area (Å²) in [5.74, 6) is 0.245. The van der Waals surface area contributed by atoms with Crippen molar-refractivity contribution in [3.05, 3.63) is 0 Å². The second-order valence-electron chi connectivity index (χ2n) is 8.86. The normalized spacial score (nSPS) is 26.7. The van der Waals surface area contributed by atoms with Crippen LogP contribution in [0, 0.1) is 17.2 Å². The number of rotatable bonds is 7. The molecule has 2 saturated heterocycles. The molecule has 1 N–H and O–H groups in total. The number of nitriles is 1. The van der Waals surface area contributed by atoms with Crippen LogP contribution in [-0.4, -0.2) is 79.4 Å². The molecule has 2 atom stereocenters. The lowest BCUT2D eigenvalue weighted by atomic mass is 9.85. The average molecular weight is 421 g/mol. The van der Waals surface area contributed by atoms with E-state index in [0.29, 0.717) is 51.6 Å². The molecule has 0 aromatic carbocycles. The Balaban J connectivity index is 1.63. The van der Waals surface area contributed by atoms with E-state index in [1.54, 1.807) is 4.90 Å². The number of ether oxygens (including phenoxy) is 2. The molecule has 8 heteroatoms. The van der Waals surface area contributed by atoms with Gasteiger partial charge in [0.2, 0.25) is 0 Å². The van der Waals surface area contributed by atoms with Crippen LogP contribution < -0.4 is 5.32 Å². The van der Waals surface area contributed by atoms with E-state index in [-0.39, 0.29) is 5.91 Å². The fraction of sp³-hybridized carbons (Fsp3) is 0.864. The van der Waals surface area contributed by atoms with Crippen LogP contribution in [0.1, 0.15) is 58.3 Å². The third kappa shape index (κ3) is 6.08. The van der Waals surface area contributed by atoms with Gasteiger partial charge in [-0.2, -0.15) is 5.26 Å². The first-order valence-corrected chi connectivity index (χ1v) is 11.5. The molecular weight excluding hydrogens is 384 g/mol. The third-order valence-corrected chi connectivity index (χ3v) is 6.74. The summed E-state index contributed by atoms with van der Waals surface area (Å²) in [4.78, 5) is 29.5. The second-order valence-corrected chi connectivity index (χ2v) is 8.86. The van der Waals surface area contributed by atoms with E-state index in [4.69, 9.17) is 9.47 Å². The van der Waals surface area contributed by atoms with Crippen molar-refractivity contribution in [2.75, 3.05) is 45.9 Å². The summed E-state index contributed by atoms with van der Waals surface area (Å²) in [6.07, 6.45) is 6.76. The molecule has 3 aliphatic rings. The highest BCUT2D eigenvalue weighted by molar-refractivity contribution is 5.84. The van der Waals surface area contributed by atoms with Crippen molar-refractivity contribution in [3.63, 3.8) is 0 Å². The summed E-state index contributed by atoms with van der Waals surface area (Å²) in [5, 5.41) is 12.7. The van der Waals surface area contributed by atoms with Gasteiger partial charge >= 0.3 is 6.09 Å². The van der Waals surface area contributed by atoms with E-state index in [9.17, 15) is 14.9 Å². The molecule has 3 fully saturated rings. The molecule has 3 rings (SSSR count). The number of carbonyl (C=O) groups excluding carboxylic acids is 2. The molecule has 0 aromatic heterocycles. The van der Waals surface area contributed by atoms with Crippen molar-refractivity contribution in [1.29, 1.82) is 5.26 Å². The number of morpholine rings is 1. The van der Waals surface area contributed by atoms with Crippen molar-refractivity contribution in [2.24, 2.45) is 5.92 Å². The first-order valence-electron chi connectivity index (χ1n) is 11.5. The van der Waals surface area contributed by atoms with Gasteiger partial charge in [0.15, 0.2) is 6.10 Å².